The molecule has 2 aliphatic heterocycles. The molecule has 2 aliphatic carbocycles. The Kier molecular flexibility index (Phi) is 17.6. The van der Waals surface area contributed by atoms with E-state index < -0.39 is 77.8 Å². The van der Waals surface area contributed by atoms with E-state index in [1.165, 1.54) is 16.7 Å². The number of aromatic nitrogens is 4. The van der Waals surface area contributed by atoms with E-state index in [0.29, 0.717) is 30.1 Å². The van der Waals surface area contributed by atoms with E-state index in [1.54, 1.807) is 16.7 Å². The van der Waals surface area contributed by atoms with Crippen LogP contribution in [0, 0.1) is 23.3 Å². The lowest BCUT2D eigenvalue weighted by molar-refractivity contribution is -0.134. The maximum atomic E-state index is 13.8. The summed E-state index contributed by atoms with van der Waals surface area (Å²) in [5, 5.41) is 19.6. The first kappa shape index (κ1) is 53.7. The molecule has 2 saturated carbocycles. The summed E-state index contributed by atoms with van der Waals surface area (Å²) in [6.07, 6.45) is 11.5. The van der Waals surface area contributed by atoms with E-state index >= 15 is 0 Å². The number of nitrogens with one attached hydrogen (secondary N) is 1. The second kappa shape index (κ2) is 23.6. The zero-order valence-electron chi connectivity index (χ0n) is 39.6. The van der Waals surface area contributed by atoms with Gasteiger partial charge in [-0.05, 0) is 82.6 Å². The first-order valence-electron chi connectivity index (χ1n) is 23.8. The standard InChI is InChI=1S/C24H31F2N5O5S.C22H26F2N4O6S/c1-2-27-22(32)16-37(34,35)30-10-8-29(9-11-30)21-15-28-31(19-13-17(25)12-18(26)14-19)24(33)23(21)36-20-6-4-3-5-7-20;23-15-10-16(24)12-17(11-15)28-22(31)21(34-18-4-2-1-3-5-18)19(13-25-28)26-6-8-27(9-7-26)35(32,33)14-20(29)30/h12-15,20H,2-11,16H2,1H3,(H,27,32);10-13,18H,1-9,14H2,(H,29,30). The van der Waals surface area contributed by atoms with E-state index in [4.69, 9.17) is 14.6 Å². The highest BCUT2D eigenvalue weighted by Crippen LogP contribution is 2.32. The first-order chi connectivity index (χ1) is 34.3. The topological polar surface area (TPSA) is 236 Å². The van der Waals surface area contributed by atoms with Gasteiger partial charge in [0.2, 0.25) is 37.5 Å². The molecular formula is C46H57F4N9O11S2. The summed E-state index contributed by atoms with van der Waals surface area (Å²) in [7, 11) is -7.75. The maximum Gasteiger partial charge on any atom is 0.320 e. The predicted molar refractivity (Wildman–Crippen MR) is 256 cm³/mol. The third-order valence-corrected chi connectivity index (χ3v) is 16.2. The summed E-state index contributed by atoms with van der Waals surface area (Å²) >= 11 is 0. The highest BCUT2D eigenvalue weighted by atomic mass is 32.2. The summed E-state index contributed by atoms with van der Waals surface area (Å²) in [5.74, 6) is -7.00. The van der Waals surface area contributed by atoms with Crippen LogP contribution in [0.5, 0.6) is 11.5 Å². The van der Waals surface area contributed by atoms with Crippen molar-refractivity contribution in [2.45, 2.75) is 83.3 Å². The number of carboxylic acid groups (broad SMARTS) is 1. The molecule has 26 heteroatoms. The van der Waals surface area contributed by atoms with Gasteiger partial charge in [0.25, 0.3) is 0 Å². The van der Waals surface area contributed by atoms with Gasteiger partial charge in [-0.2, -0.15) is 28.2 Å². The number of benzene rings is 2. The number of nitrogens with zero attached hydrogens (tertiary/aromatic N) is 8. The van der Waals surface area contributed by atoms with E-state index in [2.05, 4.69) is 15.5 Å². The Hall–Kier alpha value is -6.12. The largest absolute Gasteiger partial charge is 0.483 e. The fraction of sp³-hybridized carbons (Fsp3) is 0.522. The minimum absolute atomic E-state index is 0.0154. The van der Waals surface area contributed by atoms with Crippen LogP contribution >= 0.6 is 0 Å². The molecule has 0 bridgehead atoms. The van der Waals surface area contributed by atoms with Gasteiger partial charge >= 0.3 is 17.1 Å². The molecule has 2 N–H and O–H groups in total. The van der Waals surface area contributed by atoms with Gasteiger partial charge in [-0.15, -0.1) is 0 Å². The Morgan fingerprint density at radius 2 is 0.958 bits per heavy atom. The minimum atomic E-state index is -3.96. The monoisotopic (exact) mass is 1050 g/mol. The van der Waals surface area contributed by atoms with E-state index in [9.17, 15) is 53.6 Å². The van der Waals surface area contributed by atoms with Crippen molar-refractivity contribution in [1.82, 2.24) is 33.5 Å². The quantitative estimate of drug-likeness (QED) is 0.162. The number of halogens is 4. The second-order valence-electron chi connectivity index (χ2n) is 17.8. The number of rotatable bonds is 15. The molecule has 0 spiro atoms. The molecular weight excluding hydrogens is 995 g/mol. The number of aliphatic carboxylic acids is 1. The van der Waals surface area contributed by atoms with Crippen molar-refractivity contribution in [2.75, 3.05) is 80.2 Å². The molecule has 2 aromatic carbocycles. The molecule has 8 rings (SSSR count). The summed E-state index contributed by atoms with van der Waals surface area (Å²) in [6, 6.07) is 5.42. The van der Waals surface area contributed by atoms with Crippen molar-refractivity contribution in [3.8, 4) is 22.9 Å². The van der Waals surface area contributed by atoms with Crippen LogP contribution in [-0.4, -0.2) is 145 Å². The number of hydrogen-bond donors (Lipinski definition) is 2. The average molecular weight is 1050 g/mol. The predicted octanol–water partition coefficient (Wildman–Crippen LogP) is 3.57. The molecule has 0 radical (unpaired) electrons. The summed E-state index contributed by atoms with van der Waals surface area (Å²) < 4.78 is 122. The second-order valence-corrected chi connectivity index (χ2v) is 21.7. The van der Waals surface area contributed by atoms with Crippen molar-refractivity contribution in [3.05, 3.63) is 92.8 Å². The molecule has 2 aromatic heterocycles. The van der Waals surface area contributed by atoms with Crippen LogP contribution in [0.15, 0.2) is 58.4 Å². The van der Waals surface area contributed by atoms with Gasteiger partial charge in [0.1, 0.15) is 40.4 Å². The molecule has 20 nitrogen and oxygen atoms in total. The highest BCUT2D eigenvalue weighted by Gasteiger charge is 2.34. The lowest BCUT2D eigenvalue weighted by atomic mass is 9.98. The van der Waals surface area contributed by atoms with Gasteiger partial charge in [0.05, 0.1) is 36.0 Å². The molecule has 392 valence electrons. The van der Waals surface area contributed by atoms with E-state index in [-0.39, 0.29) is 87.4 Å². The van der Waals surface area contributed by atoms with E-state index in [0.717, 1.165) is 102 Å². The van der Waals surface area contributed by atoms with Crippen molar-refractivity contribution >= 4 is 43.3 Å². The van der Waals surface area contributed by atoms with Crippen LogP contribution in [0.25, 0.3) is 11.4 Å². The number of anilines is 2. The van der Waals surface area contributed by atoms with Crippen LogP contribution < -0.4 is 35.7 Å². The fourth-order valence-corrected chi connectivity index (χ4v) is 11.6. The van der Waals surface area contributed by atoms with Crippen molar-refractivity contribution < 1.29 is 58.6 Å². The zero-order chi connectivity index (χ0) is 51.7. The highest BCUT2D eigenvalue weighted by molar-refractivity contribution is 7.90. The molecule has 4 aliphatic rings. The maximum absolute atomic E-state index is 13.8. The number of carboxylic acids is 1. The number of carbonyl (C=O) groups excluding carboxylic acids is 1. The van der Waals surface area contributed by atoms with Crippen LogP contribution in [0.2, 0.25) is 0 Å². The molecule has 1 amide bonds. The fourth-order valence-electron chi connectivity index (χ4n) is 9.09. The third-order valence-electron chi connectivity index (χ3n) is 12.6. The third kappa shape index (κ3) is 13.5. The Bertz CT molecular complexity index is 2900. The van der Waals surface area contributed by atoms with Crippen molar-refractivity contribution in [2.24, 2.45) is 0 Å². The number of sulfonamides is 2. The number of carbonyl (C=O) groups is 2. The zero-order valence-corrected chi connectivity index (χ0v) is 41.2. The van der Waals surface area contributed by atoms with Gasteiger partial charge in [-0.1, -0.05) is 12.8 Å². The molecule has 2 saturated heterocycles. The first-order valence-corrected chi connectivity index (χ1v) is 27.0. The Morgan fingerprint density at radius 1 is 0.597 bits per heavy atom. The van der Waals surface area contributed by atoms with Crippen molar-refractivity contribution in [1.29, 1.82) is 0 Å². The number of piperazine rings is 2. The van der Waals surface area contributed by atoms with Crippen LogP contribution in [0.4, 0.5) is 28.9 Å². The number of amides is 1. The Morgan fingerprint density at radius 3 is 1.31 bits per heavy atom. The summed E-state index contributed by atoms with van der Waals surface area (Å²) in [5.41, 5.74) is -0.743. The molecule has 0 atom stereocenters. The smallest absolute Gasteiger partial charge is 0.320 e. The molecule has 4 heterocycles. The SMILES string of the molecule is CCNC(=O)CS(=O)(=O)N1CCN(c2cnn(-c3cc(F)cc(F)c3)c(=O)c2OC2CCCCC2)CC1.O=C(O)CS(=O)(=O)N1CCN(c2cnn(-c3cc(F)cc(F)c3)c(=O)c2OC2CCCCC2)CC1. The minimum Gasteiger partial charge on any atom is -0.483 e. The van der Waals surface area contributed by atoms with Gasteiger partial charge in [0, 0.05) is 71.0 Å². The average Bonchev–Trinajstić information content (AvgIpc) is 3.32. The van der Waals surface area contributed by atoms with E-state index in [1.807, 2.05) is 0 Å². The Labute approximate surface area is 413 Å². The lowest BCUT2D eigenvalue weighted by Crippen LogP contribution is -2.51. The normalized spacial score (nSPS) is 17.7. The number of ether oxygens (including phenoxy) is 2. The number of hydrogen-bond acceptors (Lipinski definition) is 14. The van der Waals surface area contributed by atoms with Gasteiger partial charge in [-0.3, -0.25) is 19.2 Å². The lowest BCUT2D eigenvalue weighted by Gasteiger charge is -2.36. The molecule has 0 unspecified atom stereocenters. The molecule has 4 aromatic rings. The Balaban J connectivity index is 0.000000212. The summed E-state index contributed by atoms with van der Waals surface area (Å²) in [4.78, 5) is 53.1. The summed E-state index contributed by atoms with van der Waals surface area (Å²) in [6.45, 7) is 3.18. The van der Waals surface area contributed by atoms with Gasteiger partial charge in [-0.25, -0.2) is 34.4 Å². The molecule has 72 heavy (non-hydrogen) atoms. The van der Waals surface area contributed by atoms with Crippen LogP contribution in [-0.2, 0) is 29.6 Å². The van der Waals surface area contributed by atoms with Gasteiger partial charge in [0.15, 0.2) is 5.75 Å². The van der Waals surface area contributed by atoms with Crippen LogP contribution in [0.3, 0.4) is 0 Å². The van der Waals surface area contributed by atoms with Crippen LogP contribution in [0.1, 0.15) is 71.1 Å². The van der Waals surface area contributed by atoms with Gasteiger partial charge < -0.3 is 29.7 Å². The molecule has 4 fully saturated rings. The van der Waals surface area contributed by atoms with Crippen molar-refractivity contribution in [3.63, 3.8) is 0 Å².